The van der Waals surface area contributed by atoms with Crippen molar-refractivity contribution in [2.75, 3.05) is 26.2 Å². The third-order valence-corrected chi connectivity index (χ3v) is 2.93. The van der Waals surface area contributed by atoms with Gasteiger partial charge in [0.05, 0.1) is 0 Å². The van der Waals surface area contributed by atoms with Crippen molar-refractivity contribution in [2.45, 2.75) is 26.2 Å². The molecule has 88 valence electrons. The lowest BCUT2D eigenvalue weighted by Crippen LogP contribution is -2.25. The number of rotatable bonds is 5. The summed E-state index contributed by atoms with van der Waals surface area (Å²) >= 11 is 0. The first-order valence-electron chi connectivity index (χ1n) is 6.04. The summed E-state index contributed by atoms with van der Waals surface area (Å²) in [6.45, 7) is 6.18. The number of nitrogens with zero attached hydrogens (tertiary/aromatic N) is 3. The van der Waals surface area contributed by atoms with Gasteiger partial charge in [-0.05, 0) is 37.9 Å². The maximum absolute atomic E-state index is 5.50. The fraction of sp³-hybridized carbons (Fsp3) is 0.667. The molecule has 0 aromatic carbocycles. The molecule has 0 bridgehead atoms. The van der Waals surface area contributed by atoms with Crippen LogP contribution in [-0.4, -0.2) is 41.1 Å². The third-order valence-electron chi connectivity index (χ3n) is 2.93. The van der Waals surface area contributed by atoms with E-state index in [-0.39, 0.29) is 0 Å². The zero-order chi connectivity index (χ0) is 11.2. The van der Waals surface area contributed by atoms with Gasteiger partial charge in [0.2, 0.25) is 0 Å². The van der Waals surface area contributed by atoms with Crippen LogP contribution in [0, 0.1) is 0 Å². The molecule has 0 radical (unpaired) electrons. The van der Waals surface area contributed by atoms with E-state index in [0.717, 1.165) is 18.5 Å². The van der Waals surface area contributed by atoms with Crippen LogP contribution in [0.2, 0.25) is 0 Å². The summed E-state index contributed by atoms with van der Waals surface area (Å²) in [7, 11) is 0. The minimum atomic E-state index is 0.497. The Labute approximate surface area is 96.7 Å². The van der Waals surface area contributed by atoms with Gasteiger partial charge >= 0.3 is 6.01 Å². The molecule has 1 aliphatic rings. The van der Waals surface area contributed by atoms with Crippen LogP contribution in [-0.2, 0) is 6.42 Å². The zero-order valence-corrected chi connectivity index (χ0v) is 9.85. The molecule has 0 saturated carbocycles. The van der Waals surface area contributed by atoms with E-state index in [1.54, 1.807) is 0 Å². The summed E-state index contributed by atoms with van der Waals surface area (Å²) in [6.07, 6.45) is 7.27. The average Bonchev–Trinajstić information content (AvgIpc) is 2.83. The van der Waals surface area contributed by atoms with Crippen LogP contribution in [0.3, 0.4) is 0 Å². The van der Waals surface area contributed by atoms with E-state index in [1.165, 1.54) is 25.9 Å². The van der Waals surface area contributed by atoms with Gasteiger partial charge in [-0.25, -0.2) is 9.97 Å². The molecule has 1 saturated heterocycles. The highest BCUT2D eigenvalue weighted by Gasteiger charge is 2.10. The Kier molecular flexibility index (Phi) is 4.10. The second kappa shape index (κ2) is 5.80. The second-order valence-corrected chi connectivity index (χ2v) is 4.12. The Hall–Kier alpha value is -1.16. The summed E-state index contributed by atoms with van der Waals surface area (Å²) in [6, 6.07) is 0.497. The van der Waals surface area contributed by atoms with E-state index >= 15 is 0 Å². The first-order chi connectivity index (χ1) is 7.88. The Morgan fingerprint density at radius 2 is 1.94 bits per heavy atom. The quantitative estimate of drug-likeness (QED) is 0.755. The second-order valence-electron chi connectivity index (χ2n) is 4.12. The van der Waals surface area contributed by atoms with Gasteiger partial charge in [-0.3, -0.25) is 4.90 Å². The fourth-order valence-electron chi connectivity index (χ4n) is 1.87. The van der Waals surface area contributed by atoms with Gasteiger partial charge in [-0.2, -0.15) is 0 Å². The third kappa shape index (κ3) is 3.17. The van der Waals surface area contributed by atoms with E-state index in [4.69, 9.17) is 4.74 Å². The average molecular weight is 221 g/mol. The number of ether oxygens (including phenoxy) is 1. The molecular weight excluding hydrogens is 202 g/mol. The van der Waals surface area contributed by atoms with Crippen LogP contribution in [0.4, 0.5) is 0 Å². The van der Waals surface area contributed by atoms with Crippen molar-refractivity contribution in [3.8, 4) is 6.01 Å². The van der Waals surface area contributed by atoms with Crippen LogP contribution in [0.1, 0.15) is 25.3 Å². The summed E-state index contributed by atoms with van der Waals surface area (Å²) in [5.41, 5.74) is 1.15. The molecule has 2 heterocycles. The Morgan fingerprint density at radius 3 is 2.56 bits per heavy atom. The molecule has 1 fully saturated rings. The largest absolute Gasteiger partial charge is 0.462 e. The number of aromatic nitrogens is 2. The number of likely N-dealkylation sites (tertiary alicyclic amines) is 1. The molecule has 0 N–H and O–H groups in total. The first-order valence-corrected chi connectivity index (χ1v) is 6.04. The SMILES string of the molecule is CCc1cnc(OCCN2CCCC2)nc1. The fourth-order valence-corrected chi connectivity index (χ4v) is 1.87. The van der Waals surface area contributed by atoms with Crippen LogP contribution in [0.15, 0.2) is 12.4 Å². The van der Waals surface area contributed by atoms with Crippen LogP contribution in [0.5, 0.6) is 6.01 Å². The molecule has 16 heavy (non-hydrogen) atoms. The van der Waals surface area contributed by atoms with Gasteiger partial charge in [-0.15, -0.1) is 0 Å². The highest BCUT2D eigenvalue weighted by Crippen LogP contribution is 2.07. The number of hydrogen-bond acceptors (Lipinski definition) is 4. The van der Waals surface area contributed by atoms with Gasteiger partial charge < -0.3 is 4.74 Å². The monoisotopic (exact) mass is 221 g/mol. The molecule has 0 spiro atoms. The topological polar surface area (TPSA) is 38.2 Å². The van der Waals surface area contributed by atoms with E-state index in [9.17, 15) is 0 Å². The predicted octanol–water partition coefficient (Wildman–Crippen LogP) is 1.51. The molecule has 0 unspecified atom stereocenters. The summed E-state index contributed by atoms with van der Waals surface area (Å²) in [4.78, 5) is 10.7. The highest BCUT2D eigenvalue weighted by molar-refractivity contribution is 5.06. The van der Waals surface area contributed by atoms with Gasteiger partial charge in [0.15, 0.2) is 0 Å². The molecule has 4 heteroatoms. The van der Waals surface area contributed by atoms with Crippen molar-refractivity contribution in [1.82, 2.24) is 14.9 Å². The number of hydrogen-bond donors (Lipinski definition) is 0. The van der Waals surface area contributed by atoms with Crippen molar-refractivity contribution in [3.05, 3.63) is 18.0 Å². The highest BCUT2D eigenvalue weighted by atomic mass is 16.5. The molecule has 1 aromatic rings. The Morgan fingerprint density at radius 1 is 1.25 bits per heavy atom. The van der Waals surface area contributed by atoms with E-state index in [1.807, 2.05) is 12.4 Å². The molecule has 4 nitrogen and oxygen atoms in total. The molecule has 1 aliphatic heterocycles. The lowest BCUT2D eigenvalue weighted by atomic mass is 10.3. The molecule has 2 rings (SSSR count). The molecule has 1 aromatic heterocycles. The van der Waals surface area contributed by atoms with Crippen molar-refractivity contribution in [2.24, 2.45) is 0 Å². The lowest BCUT2D eigenvalue weighted by molar-refractivity contribution is 0.225. The predicted molar refractivity (Wildman–Crippen MR) is 62.6 cm³/mol. The normalized spacial score (nSPS) is 16.6. The van der Waals surface area contributed by atoms with Crippen LogP contribution >= 0.6 is 0 Å². The maximum atomic E-state index is 5.50. The lowest BCUT2D eigenvalue weighted by Gasteiger charge is -2.13. The molecule has 0 atom stereocenters. The van der Waals surface area contributed by atoms with Crippen molar-refractivity contribution >= 4 is 0 Å². The summed E-state index contributed by atoms with van der Waals surface area (Å²) in [5.74, 6) is 0. The van der Waals surface area contributed by atoms with E-state index in [0.29, 0.717) is 12.6 Å². The summed E-state index contributed by atoms with van der Waals surface area (Å²) in [5, 5.41) is 0. The van der Waals surface area contributed by atoms with Gasteiger partial charge in [0, 0.05) is 18.9 Å². The van der Waals surface area contributed by atoms with Gasteiger partial charge in [-0.1, -0.05) is 6.92 Å². The maximum Gasteiger partial charge on any atom is 0.316 e. The number of aryl methyl sites for hydroxylation is 1. The molecule has 0 amide bonds. The van der Waals surface area contributed by atoms with Crippen molar-refractivity contribution < 1.29 is 4.74 Å². The molecule has 0 aliphatic carbocycles. The van der Waals surface area contributed by atoms with Gasteiger partial charge in [0.1, 0.15) is 6.61 Å². The Bertz CT molecular complexity index is 307. The first kappa shape index (κ1) is 11.3. The van der Waals surface area contributed by atoms with Crippen molar-refractivity contribution in [1.29, 1.82) is 0 Å². The van der Waals surface area contributed by atoms with Crippen LogP contribution < -0.4 is 4.74 Å². The summed E-state index contributed by atoms with van der Waals surface area (Å²) < 4.78 is 5.50. The molecular formula is C12H19N3O. The Balaban J connectivity index is 1.71. The zero-order valence-electron chi connectivity index (χ0n) is 9.85. The van der Waals surface area contributed by atoms with Gasteiger partial charge in [0.25, 0.3) is 0 Å². The standard InChI is InChI=1S/C12H19N3O/c1-2-11-9-13-12(14-10-11)16-8-7-15-5-3-4-6-15/h9-10H,2-8H2,1H3. The van der Waals surface area contributed by atoms with Crippen LogP contribution in [0.25, 0.3) is 0 Å². The smallest absolute Gasteiger partial charge is 0.316 e. The van der Waals surface area contributed by atoms with E-state index < -0.39 is 0 Å². The van der Waals surface area contributed by atoms with E-state index in [2.05, 4.69) is 21.8 Å². The minimum Gasteiger partial charge on any atom is -0.462 e. The van der Waals surface area contributed by atoms with Crippen molar-refractivity contribution in [3.63, 3.8) is 0 Å². The minimum absolute atomic E-state index is 0.497.